The van der Waals surface area contributed by atoms with E-state index in [0.29, 0.717) is 36.0 Å². The summed E-state index contributed by atoms with van der Waals surface area (Å²) >= 11 is 0. The zero-order valence-corrected chi connectivity index (χ0v) is 13.8. The van der Waals surface area contributed by atoms with E-state index in [1.54, 1.807) is 30.0 Å². The molecule has 1 aliphatic heterocycles. The number of β-amino-alcohol motifs (C(OH)–C–C–N with tert-alkyl or cyclic N) is 1. The number of tetrazole rings is 1. The molecule has 2 unspecified atom stereocenters. The van der Waals surface area contributed by atoms with Gasteiger partial charge in [0.25, 0.3) is 0 Å². The number of benzene rings is 1. The lowest BCUT2D eigenvalue weighted by Crippen LogP contribution is -2.35. The molecule has 9 nitrogen and oxygen atoms in total. The lowest BCUT2D eigenvalue weighted by molar-refractivity contribution is -0.117. The molecule has 25 heavy (non-hydrogen) atoms. The van der Waals surface area contributed by atoms with Crippen LogP contribution in [0.4, 0.5) is 5.69 Å². The molecule has 1 aliphatic carbocycles. The Hall–Kier alpha value is -2.52. The normalized spacial score (nSPS) is 22.8. The van der Waals surface area contributed by atoms with Gasteiger partial charge in [-0.2, -0.15) is 4.68 Å². The Kier molecular flexibility index (Phi) is 4.10. The first-order chi connectivity index (χ1) is 12.2. The molecule has 2 heterocycles. The second kappa shape index (κ2) is 6.41. The van der Waals surface area contributed by atoms with Crippen molar-refractivity contribution in [2.45, 2.75) is 37.3 Å². The first-order valence-corrected chi connectivity index (χ1v) is 8.34. The number of aliphatic hydroxyl groups excluding tert-OH is 1. The molecule has 2 fully saturated rings. The number of nitrogens with one attached hydrogen (secondary N) is 2. The van der Waals surface area contributed by atoms with Gasteiger partial charge < -0.3 is 20.5 Å². The van der Waals surface area contributed by atoms with Gasteiger partial charge in [-0.15, -0.1) is 5.10 Å². The molecular formula is C16H20N6O3. The van der Waals surface area contributed by atoms with Crippen LogP contribution < -0.4 is 15.4 Å². The number of hydrogen-bond donors (Lipinski definition) is 3. The number of nitrogens with zero attached hydrogens (tertiary/aromatic N) is 4. The minimum atomic E-state index is -0.482. The van der Waals surface area contributed by atoms with Crippen LogP contribution in [0.5, 0.6) is 5.75 Å². The van der Waals surface area contributed by atoms with Gasteiger partial charge in [-0.25, -0.2) is 0 Å². The molecule has 1 saturated carbocycles. The van der Waals surface area contributed by atoms with Crippen molar-refractivity contribution in [3.8, 4) is 11.4 Å². The van der Waals surface area contributed by atoms with Crippen LogP contribution >= 0.6 is 0 Å². The molecule has 0 bridgehead atoms. The molecule has 0 spiro atoms. The number of methoxy groups -OCH3 is 1. The fourth-order valence-electron chi connectivity index (χ4n) is 3.04. The maximum Gasteiger partial charge on any atom is 0.241 e. The highest BCUT2D eigenvalue weighted by Crippen LogP contribution is 2.40. The summed E-state index contributed by atoms with van der Waals surface area (Å²) < 4.78 is 7.09. The molecular weight excluding hydrogens is 324 g/mol. The number of hydrogen-bond acceptors (Lipinski definition) is 7. The van der Waals surface area contributed by atoms with Gasteiger partial charge in [0.05, 0.1) is 19.3 Å². The molecule has 1 aromatic heterocycles. The van der Waals surface area contributed by atoms with Crippen LogP contribution in [0, 0.1) is 0 Å². The molecule has 9 heteroatoms. The topological polar surface area (TPSA) is 114 Å². The Morgan fingerprint density at radius 1 is 1.44 bits per heavy atom. The Labute approximate surface area is 144 Å². The lowest BCUT2D eigenvalue weighted by Gasteiger charge is -2.14. The van der Waals surface area contributed by atoms with Crippen LogP contribution in [0.3, 0.4) is 0 Å². The van der Waals surface area contributed by atoms with Gasteiger partial charge in [0.1, 0.15) is 11.4 Å². The molecule has 0 radical (unpaired) electrons. The van der Waals surface area contributed by atoms with Crippen LogP contribution in [0.25, 0.3) is 5.69 Å². The predicted octanol–water partition coefficient (Wildman–Crippen LogP) is 0.210. The predicted molar refractivity (Wildman–Crippen MR) is 88.7 cm³/mol. The van der Waals surface area contributed by atoms with E-state index in [0.717, 1.165) is 18.7 Å². The third kappa shape index (κ3) is 3.20. The maximum atomic E-state index is 12.3. The molecule has 2 aliphatic rings. The number of anilines is 1. The van der Waals surface area contributed by atoms with Crippen LogP contribution in [-0.4, -0.2) is 57.0 Å². The third-order valence-electron chi connectivity index (χ3n) is 4.53. The average molecular weight is 344 g/mol. The summed E-state index contributed by atoms with van der Waals surface area (Å²) in [5, 5.41) is 27.4. The summed E-state index contributed by atoms with van der Waals surface area (Å²) in [6, 6.07) is 4.95. The SMILES string of the molecule is COc1ccc(NC(=O)C2CC(O)CN2)cc1-n1nnnc1C1CC1. The first-order valence-electron chi connectivity index (χ1n) is 8.34. The Bertz CT molecular complexity index is 788. The highest BCUT2D eigenvalue weighted by molar-refractivity contribution is 5.95. The van der Waals surface area contributed by atoms with E-state index in [1.165, 1.54) is 0 Å². The minimum absolute atomic E-state index is 0.174. The molecule has 132 valence electrons. The van der Waals surface area contributed by atoms with Gasteiger partial charge in [-0.3, -0.25) is 4.79 Å². The van der Waals surface area contributed by atoms with Crippen molar-refractivity contribution < 1.29 is 14.6 Å². The number of ether oxygens (including phenoxy) is 1. The fourth-order valence-corrected chi connectivity index (χ4v) is 3.04. The monoisotopic (exact) mass is 344 g/mol. The minimum Gasteiger partial charge on any atom is -0.494 e. The number of aromatic nitrogens is 4. The van der Waals surface area contributed by atoms with Crippen LogP contribution in [-0.2, 0) is 4.79 Å². The van der Waals surface area contributed by atoms with Crippen molar-refractivity contribution in [1.29, 1.82) is 0 Å². The summed E-state index contributed by atoms with van der Waals surface area (Å²) in [6.07, 6.45) is 2.08. The molecule has 1 amide bonds. The molecule has 1 saturated heterocycles. The second-order valence-electron chi connectivity index (χ2n) is 6.45. The van der Waals surface area contributed by atoms with Crippen molar-refractivity contribution in [2.75, 3.05) is 19.0 Å². The highest BCUT2D eigenvalue weighted by Gasteiger charge is 2.31. The van der Waals surface area contributed by atoms with E-state index in [-0.39, 0.29) is 5.91 Å². The highest BCUT2D eigenvalue weighted by atomic mass is 16.5. The van der Waals surface area contributed by atoms with Crippen molar-refractivity contribution >= 4 is 11.6 Å². The Morgan fingerprint density at radius 2 is 2.28 bits per heavy atom. The summed E-state index contributed by atoms with van der Waals surface area (Å²) in [6.45, 7) is 0.432. The largest absolute Gasteiger partial charge is 0.494 e. The van der Waals surface area contributed by atoms with Gasteiger partial charge in [0.15, 0.2) is 5.82 Å². The van der Waals surface area contributed by atoms with Gasteiger partial charge in [-0.05, 0) is 47.9 Å². The van der Waals surface area contributed by atoms with E-state index in [1.807, 2.05) is 0 Å². The molecule has 4 rings (SSSR count). The van der Waals surface area contributed by atoms with Crippen molar-refractivity contribution in [3.05, 3.63) is 24.0 Å². The quantitative estimate of drug-likeness (QED) is 0.710. The van der Waals surface area contributed by atoms with Gasteiger partial charge in [0, 0.05) is 18.2 Å². The number of amides is 1. The maximum absolute atomic E-state index is 12.3. The van der Waals surface area contributed by atoms with E-state index in [9.17, 15) is 9.90 Å². The second-order valence-corrected chi connectivity index (χ2v) is 6.45. The summed E-state index contributed by atoms with van der Waals surface area (Å²) in [5.74, 6) is 1.64. The number of rotatable bonds is 5. The van der Waals surface area contributed by atoms with E-state index >= 15 is 0 Å². The van der Waals surface area contributed by atoms with Gasteiger partial charge >= 0.3 is 0 Å². The van der Waals surface area contributed by atoms with Gasteiger partial charge in [-0.1, -0.05) is 0 Å². The zero-order valence-electron chi connectivity index (χ0n) is 13.8. The summed E-state index contributed by atoms with van der Waals surface area (Å²) in [7, 11) is 1.59. The number of carbonyl (C=O) groups is 1. The summed E-state index contributed by atoms with van der Waals surface area (Å²) in [4.78, 5) is 12.3. The third-order valence-corrected chi connectivity index (χ3v) is 4.53. The average Bonchev–Trinajstić information content (AvgIpc) is 3.17. The van der Waals surface area contributed by atoms with Crippen LogP contribution in [0.2, 0.25) is 0 Å². The Balaban J connectivity index is 1.60. The standard InChI is InChI=1S/C16H20N6O3/c1-25-14-5-4-10(18-16(24)12-7-11(23)8-17-12)6-13(14)22-15(9-2-3-9)19-20-21-22/h4-6,9,11-12,17,23H,2-3,7-8H2,1H3,(H,18,24). The van der Waals surface area contributed by atoms with Crippen molar-refractivity contribution in [3.63, 3.8) is 0 Å². The Morgan fingerprint density at radius 3 is 2.96 bits per heavy atom. The van der Waals surface area contributed by atoms with Crippen molar-refractivity contribution in [2.24, 2.45) is 0 Å². The van der Waals surface area contributed by atoms with Gasteiger partial charge in [0.2, 0.25) is 5.91 Å². The van der Waals surface area contributed by atoms with Crippen LogP contribution in [0.1, 0.15) is 31.0 Å². The zero-order chi connectivity index (χ0) is 17.4. The van der Waals surface area contributed by atoms with E-state index in [4.69, 9.17) is 4.74 Å². The smallest absolute Gasteiger partial charge is 0.241 e. The fraction of sp³-hybridized carbons (Fsp3) is 0.500. The summed E-state index contributed by atoms with van der Waals surface area (Å²) in [5.41, 5.74) is 1.31. The lowest BCUT2D eigenvalue weighted by atomic mass is 10.2. The number of carbonyl (C=O) groups excluding carboxylic acids is 1. The molecule has 1 aromatic carbocycles. The first kappa shape index (κ1) is 16.0. The number of aliphatic hydroxyl groups is 1. The molecule has 3 N–H and O–H groups in total. The van der Waals surface area contributed by atoms with E-state index in [2.05, 4.69) is 26.2 Å². The van der Waals surface area contributed by atoms with Crippen LogP contribution in [0.15, 0.2) is 18.2 Å². The van der Waals surface area contributed by atoms with E-state index < -0.39 is 12.1 Å². The van der Waals surface area contributed by atoms with Crippen molar-refractivity contribution in [1.82, 2.24) is 25.5 Å². The molecule has 2 atom stereocenters. The molecule has 2 aromatic rings.